The molecule has 0 amide bonds. The first-order valence-corrected chi connectivity index (χ1v) is 9.66. The summed E-state index contributed by atoms with van der Waals surface area (Å²) in [7, 11) is 0. The van der Waals surface area contributed by atoms with E-state index >= 15 is 0 Å². The van der Waals surface area contributed by atoms with Crippen molar-refractivity contribution in [2.75, 3.05) is 0 Å². The van der Waals surface area contributed by atoms with Crippen LogP contribution in [0.4, 0.5) is 0 Å². The summed E-state index contributed by atoms with van der Waals surface area (Å²) in [5, 5.41) is 0. The van der Waals surface area contributed by atoms with Crippen LogP contribution >= 0.6 is 30.6 Å². The quantitative estimate of drug-likeness (QED) is 0.414. The minimum atomic E-state index is -0.779. The lowest BCUT2D eigenvalue weighted by atomic mass is 10.3. The molecule has 0 aromatic carbocycles. The highest BCUT2D eigenvalue weighted by Crippen LogP contribution is 2.24. The van der Waals surface area contributed by atoms with Gasteiger partial charge in [-0.25, -0.2) is 0 Å². The lowest BCUT2D eigenvalue weighted by Gasteiger charge is -2.06. The van der Waals surface area contributed by atoms with Gasteiger partial charge in [0, 0.05) is 0 Å². The fraction of sp³-hybridized carbons (Fsp3) is 0.600. The molecular formula is C5H10Br2Si. The lowest BCUT2D eigenvalue weighted by molar-refractivity contribution is 0.951. The van der Waals surface area contributed by atoms with Gasteiger partial charge in [0.25, 0.3) is 0 Å². The Morgan fingerprint density at radius 2 is 2.25 bits per heavy atom. The van der Waals surface area contributed by atoms with Crippen LogP contribution in [0.1, 0.15) is 13.3 Å². The maximum atomic E-state index is 3.73. The van der Waals surface area contributed by atoms with Crippen LogP contribution < -0.4 is 0 Å². The van der Waals surface area contributed by atoms with Crippen LogP contribution in [0, 0.1) is 0 Å². The van der Waals surface area contributed by atoms with Crippen molar-refractivity contribution in [3.63, 3.8) is 0 Å². The van der Waals surface area contributed by atoms with E-state index in [1.807, 2.05) is 6.08 Å². The number of allylic oxidation sites excluding steroid dienone is 1. The molecule has 0 rings (SSSR count). The summed E-state index contributed by atoms with van der Waals surface area (Å²) < 4.78 is 0. The lowest BCUT2D eigenvalue weighted by Crippen LogP contribution is -2.00. The van der Waals surface area contributed by atoms with Crippen LogP contribution in [-0.4, -0.2) is 6.04 Å². The molecule has 0 aromatic heterocycles. The number of hydrogen-bond donors (Lipinski definition) is 0. The predicted octanol–water partition coefficient (Wildman–Crippen LogP) is 2.96. The first kappa shape index (κ1) is 8.92. The van der Waals surface area contributed by atoms with Gasteiger partial charge in [0.2, 0.25) is 0 Å². The third-order valence-corrected chi connectivity index (χ3v) is 6.56. The molecule has 0 aromatic rings. The van der Waals surface area contributed by atoms with Crippen molar-refractivity contribution in [2.45, 2.75) is 18.9 Å². The van der Waals surface area contributed by atoms with Crippen LogP contribution in [0.15, 0.2) is 12.7 Å². The molecule has 0 radical (unpaired) electrons. The van der Waals surface area contributed by atoms with E-state index in [4.69, 9.17) is 0 Å². The van der Waals surface area contributed by atoms with Crippen molar-refractivity contribution < 1.29 is 0 Å². The summed E-state index contributed by atoms with van der Waals surface area (Å²) in [6.07, 6.45) is 3.21. The van der Waals surface area contributed by atoms with E-state index in [0.29, 0.717) is 5.54 Å². The van der Waals surface area contributed by atoms with E-state index in [1.165, 1.54) is 6.42 Å². The number of halogens is 2. The Morgan fingerprint density at radius 1 is 1.75 bits per heavy atom. The minimum Gasteiger partial charge on any atom is -0.115 e. The molecule has 0 saturated heterocycles. The van der Waals surface area contributed by atoms with Gasteiger partial charge in [-0.05, 0) is 5.54 Å². The van der Waals surface area contributed by atoms with E-state index in [1.54, 1.807) is 0 Å². The zero-order chi connectivity index (χ0) is 6.57. The third-order valence-electron chi connectivity index (χ3n) is 1.10. The second-order valence-electron chi connectivity index (χ2n) is 1.64. The number of hydrogen-bond acceptors (Lipinski definition) is 0. The van der Waals surface area contributed by atoms with Crippen LogP contribution in [0.25, 0.3) is 0 Å². The predicted molar refractivity (Wildman–Crippen MR) is 49.2 cm³/mol. The van der Waals surface area contributed by atoms with Gasteiger partial charge in [0.15, 0.2) is 6.04 Å². The smallest absolute Gasteiger partial charge is 0.115 e. The van der Waals surface area contributed by atoms with E-state index in [2.05, 4.69) is 44.1 Å². The van der Waals surface area contributed by atoms with E-state index in [9.17, 15) is 0 Å². The molecule has 48 valence electrons. The van der Waals surface area contributed by atoms with Crippen molar-refractivity contribution in [3.05, 3.63) is 12.7 Å². The first-order chi connectivity index (χ1) is 3.72. The maximum Gasteiger partial charge on any atom is 0.193 e. The van der Waals surface area contributed by atoms with Crippen molar-refractivity contribution >= 4 is 36.6 Å². The van der Waals surface area contributed by atoms with Crippen molar-refractivity contribution in [3.8, 4) is 0 Å². The minimum absolute atomic E-state index is 0.690. The van der Waals surface area contributed by atoms with Gasteiger partial charge in [0.05, 0.1) is 0 Å². The first-order valence-electron chi connectivity index (χ1n) is 2.63. The highest BCUT2D eigenvalue weighted by Gasteiger charge is 2.10. The summed E-state index contributed by atoms with van der Waals surface area (Å²) in [6, 6.07) is -0.779. The summed E-state index contributed by atoms with van der Waals surface area (Å²) in [4.78, 5) is 0. The molecule has 0 aliphatic carbocycles. The Morgan fingerprint density at radius 3 is 2.25 bits per heavy atom. The van der Waals surface area contributed by atoms with Crippen molar-refractivity contribution in [1.82, 2.24) is 0 Å². The van der Waals surface area contributed by atoms with Gasteiger partial charge in [0.1, 0.15) is 0 Å². The molecule has 0 bridgehead atoms. The zero-order valence-electron chi connectivity index (χ0n) is 4.90. The molecule has 0 heterocycles. The molecular weight excluding hydrogens is 248 g/mol. The van der Waals surface area contributed by atoms with Gasteiger partial charge >= 0.3 is 0 Å². The van der Waals surface area contributed by atoms with Gasteiger partial charge in [-0.3, -0.25) is 0 Å². The average molecular weight is 258 g/mol. The highest BCUT2D eigenvalue weighted by molar-refractivity contribution is 9.49. The van der Waals surface area contributed by atoms with Crippen molar-refractivity contribution in [1.29, 1.82) is 0 Å². The second kappa shape index (κ2) is 4.76. The molecule has 0 fully saturated rings. The summed E-state index contributed by atoms with van der Waals surface area (Å²) in [6.45, 7) is 5.90. The molecule has 0 saturated carbocycles. The largest absolute Gasteiger partial charge is 0.193 e. The molecule has 0 aliphatic heterocycles. The molecule has 0 N–H and O–H groups in total. The Kier molecular flexibility index (Phi) is 5.31. The van der Waals surface area contributed by atoms with Gasteiger partial charge in [-0.15, -0.1) is 37.2 Å². The Hall–Kier alpha value is 0.917. The second-order valence-corrected chi connectivity index (χ2v) is 12.8. The fourth-order valence-electron chi connectivity index (χ4n) is 0.448. The summed E-state index contributed by atoms with van der Waals surface area (Å²) in [5.41, 5.74) is 0.690. The van der Waals surface area contributed by atoms with E-state index in [-0.39, 0.29) is 0 Å². The van der Waals surface area contributed by atoms with Crippen molar-refractivity contribution in [2.24, 2.45) is 0 Å². The van der Waals surface area contributed by atoms with E-state index in [0.717, 1.165) is 0 Å². The van der Waals surface area contributed by atoms with Crippen LogP contribution in [0.2, 0.25) is 5.54 Å². The molecule has 0 aliphatic rings. The molecule has 1 atom stereocenters. The monoisotopic (exact) mass is 256 g/mol. The third kappa shape index (κ3) is 3.05. The molecule has 8 heavy (non-hydrogen) atoms. The molecule has 0 spiro atoms. The molecule has 1 unspecified atom stereocenters. The summed E-state index contributed by atoms with van der Waals surface area (Å²) in [5.74, 6) is 0. The Labute approximate surface area is 68.1 Å². The maximum absolute atomic E-state index is 3.73. The van der Waals surface area contributed by atoms with Gasteiger partial charge in [-0.1, -0.05) is 19.4 Å². The van der Waals surface area contributed by atoms with Crippen LogP contribution in [-0.2, 0) is 0 Å². The molecule has 0 nitrogen and oxygen atoms in total. The standard InChI is InChI=1S/C5H10Br2Si/c1-3-5(4-2)8(6)7/h3,5,8H,1,4H2,2H3. The molecule has 3 heteroatoms. The topological polar surface area (TPSA) is 0 Å². The van der Waals surface area contributed by atoms with Gasteiger partial charge in [-0.2, -0.15) is 0 Å². The Bertz CT molecular complexity index is 72.8. The average Bonchev–Trinajstić information content (AvgIpc) is 1.69. The fourth-order valence-corrected chi connectivity index (χ4v) is 4.55. The SMILES string of the molecule is C=CC(CC)[SiH](Br)Br. The summed E-state index contributed by atoms with van der Waals surface area (Å²) >= 11 is 7.09. The highest BCUT2D eigenvalue weighted by atomic mass is 79.9. The number of rotatable bonds is 3. The van der Waals surface area contributed by atoms with Gasteiger partial charge < -0.3 is 0 Å². The normalized spacial score (nSPS) is 14.0. The van der Waals surface area contributed by atoms with Crippen LogP contribution in [0.3, 0.4) is 0 Å². The van der Waals surface area contributed by atoms with E-state index < -0.39 is 6.04 Å². The van der Waals surface area contributed by atoms with Crippen LogP contribution in [0.5, 0.6) is 0 Å². The zero-order valence-corrected chi connectivity index (χ0v) is 9.23. The Balaban J connectivity index is 3.51.